The molecule has 0 fully saturated rings. The smallest absolute Gasteiger partial charge is 0.187 e. The average Bonchev–Trinajstić information content (AvgIpc) is 3.04. The van der Waals surface area contributed by atoms with E-state index in [-0.39, 0.29) is 5.57 Å². The molecular weight excluding hydrogens is 300 g/mol. The van der Waals surface area contributed by atoms with Crippen molar-refractivity contribution < 1.29 is 9.47 Å². The van der Waals surface area contributed by atoms with Crippen molar-refractivity contribution in [1.82, 2.24) is 4.98 Å². The van der Waals surface area contributed by atoms with Crippen LogP contribution in [-0.4, -0.2) is 18.2 Å². The number of aromatic nitrogens is 1. The third-order valence-electron chi connectivity index (χ3n) is 2.92. The lowest BCUT2D eigenvalue weighted by Crippen LogP contribution is -2.15. The Morgan fingerprint density at radius 3 is 2.77 bits per heavy atom. The number of hydrogen-bond acceptors (Lipinski definition) is 7. The van der Waals surface area contributed by atoms with E-state index in [9.17, 15) is 0 Å². The summed E-state index contributed by atoms with van der Waals surface area (Å²) in [4.78, 5) is 4.42. The monoisotopic (exact) mass is 310 g/mol. The van der Waals surface area contributed by atoms with Gasteiger partial charge in [-0.05, 0) is 18.2 Å². The van der Waals surface area contributed by atoms with E-state index in [0.29, 0.717) is 24.1 Å². The number of anilines is 1. The molecule has 22 heavy (non-hydrogen) atoms. The Hall–Kier alpha value is -3.03. The molecule has 108 valence electrons. The molecule has 2 heterocycles. The van der Waals surface area contributed by atoms with Crippen LogP contribution >= 0.6 is 11.3 Å². The first-order chi connectivity index (χ1) is 10.8. The number of thiazole rings is 1. The first-order valence-electron chi connectivity index (χ1n) is 6.42. The SMILES string of the molecule is N#CC(C#N)=CNc1nc(-c2ccc3c(c2)OCCO3)cs1. The van der Waals surface area contributed by atoms with Gasteiger partial charge in [-0.3, -0.25) is 0 Å². The van der Waals surface area contributed by atoms with Crippen molar-refractivity contribution in [3.63, 3.8) is 0 Å². The highest BCUT2D eigenvalue weighted by Crippen LogP contribution is 2.35. The zero-order valence-electron chi connectivity index (χ0n) is 11.4. The summed E-state index contributed by atoms with van der Waals surface area (Å²) in [5.74, 6) is 1.45. The van der Waals surface area contributed by atoms with Gasteiger partial charge in [0, 0.05) is 17.1 Å². The molecule has 0 saturated carbocycles. The lowest BCUT2D eigenvalue weighted by molar-refractivity contribution is 0.171. The Morgan fingerprint density at radius 1 is 1.23 bits per heavy atom. The van der Waals surface area contributed by atoms with Crippen molar-refractivity contribution in [3.05, 3.63) is 35.4 Å². The van der Waals surface area contributed by atoms with Gasteiger partial charge in [0.25, 0.3) is 0 Å². The fourth-order valence-corrected chi connectivity index (χ4v) is 2.59. The first-order valence-corrected chi connectivity index (χ1v) is 7.30. The predicted molar refractivity (Wildman–Crippen MR) is 81.5 cm³/mol. The van der Waals surface area contributed by atoms with E-state index < -0.39 is 0 Å². The highest BCUT2D eigenvalue weighted by Gasteiger charge is 2.13. The molecule has 1 aromatic heterocycles. The number of rotatable bonds is 3. The maximum absolute atomic E-state index is 8.68. The molecular formula is C15H10N4O2S. The van der Waals surface area contributed by atoms with Gasteiger partial charge in [0.1, 0.15) is 30.9 Å². The molecule has 0 atom stereocenters. The third kappa shape index (κ3) is 2.85. The number of nitrogens with zero attached hydrogens (tertiary/aromatic N) is 3. The van der Waals surface area contributed by atoms with Crippen LogP contribution in [0.25, 0.3) is 11.3 Å². The fourth-order valence-electron chi connectivity index (χ4n) is 1.90. The Balaban J connectivity index is 1.81. The second kappa shape index (κ2) is 6.17. The van der Waals surface area contributed by atoms with Crippen LogP contribution < -0.4 is 14.8 Å². The molecule has 0 bridgehead atoms. The van der Waals surface area contributed by atoms with Gasteiger partial charge in [0.15, 0.2) is 16.6 Å². The van der Waals surface area contributed by atoms with Crippen molar-refractivity contribution in [3.8, 4) is 34.9 Å². The summed E-state index contributed by atoms with van der Waals surface area (Å²) in [6, 6.07) is 9.22. The summed E-state index contributed by atoms with van der Waals surface area (Å²) in [7, 11) is 0. The lowest BCUT2D eigenvalue weighted by Gasteiger charge is -2.18. The standard InChI is InChI=1S/C15H10N4O2S/c16-6-10(7-17)8-18-15-19-12(9-22-15)11-1-2-13-14(5-11)21-4-3-20-13/h1-2,5,8-9H,3-4H2,(H,18,19). The molecule has 0 saturated heterocycles. The van der Waals surface area contributed by atoms with Gasteiger partial charge >= 0.3 is 0 Å². The van der Waals surface area contributed by atoms with E-state index in [1.807, 2.05) is 23.6 Å². The molecule has 0 spiro atoms. The van der Waals surface area contributed by atoms with Gasteiger partial charge in [0.2, 0.25) is 0 Å². The zero-order valence-corrected chi connectivity index (χ0v) is 12.2. The van der Waals surface area contributed by atoms with Crippen LogP contribution in [-0.2, 0) is 0 Å². The lowest BCUT2D eigenvalue weighted by atomic mass is 10.1. The van der Waals surface area contributed by atoms with E-state index in [2.05, 4.69) is 10.3 Å². The van der Waals surface area contributed by atoms with Crippen LogP contribution in [0.15, 0.2) is 35.4 Å². The molecule has 6 nitrogen and oxygen atoms in total. The van der Waals surface area contributed by atoms with Gasteiger partial charge < -0.3 is 14.8 Å². The van der Waals surface area contributed by atoms with Crippen molar-refractivity contribution in [2.75, 3.05) is 18.5 Å². The summed E-state index contributed by atoms with van der Waals surface area (Å²) in [6.45, 7) is 1.10. The Kier molecular flexibility index (Phi) is 3.90. The maximum Gasteiger partial charge on any atom is 0.187 e. The minimum atomic E-state index is -0.00363. The molecule has 0 radical (unpaired) electrons. The van der Waals surface area contributed by atoms with Crippen molar-refractivity contribution in [1.29, 1.82) is 10.5 Å². The van der Waals surface area contributed by atoms with E-state index in [1.165, 1.54) is 17.5 Å². The molecule has 1 aliphatic heterocycles. The maximum atomic E-state index is 8.68. The predicted octanol–water partition coefficient (Wildman–Crippen LogP) is 2.92. The second-order valence-corrected chi connectivity index (χ2v) is 5.18. The number of allylic oxidation sites excluding steroid dienone is 1. The number of ether oxygens (including phenoxy) is 2. The number of nitriles is 2. The van der Waals surface area contributed by atoms with Crippen molar-refractivity contribution in [2.24, 2.45) is 0 Å². The molecule has 7 heteroatoms. The molecule has 0 aliphatic carbocycles. The van der Waals surface area contributed by atoms with Crippen LogP contribution in [0.1, 0.15) is 0 Å². The Bertz CT molecular complexity index is 798. The Morgan fingerprint density at radius 2 is 2.00 bits per heavy atom. The third-order valence-corrected chi connectivity index (χ3v) is 3.70. The number of nitrogens with one attached hydrogen (secondary N) is 1. The highest BCUT2D eigenvalue weighted by molar-refractivity contribution is 7.14. The van der Waals surface area contributed by atoms with Gasteiger partial charge in [-0.2, -0.15) is 10.5 Å². The zero-order chi connectivity index (χ0) is 15.4. The molecule has 3 rings (SSSR count). The van der Waals surface area contributed by atoms with E-state index in [4.69, 9.17) is 20.0 Å². The Labute approximate surface area is 130 Å². The quantitative estimate of drug-likeness (QED) is 0.876. The minimum Gasteiger partial charge on any atom is -0.486 e. The van der Waals surface area contributed by atoms with Crippen LogP contribution in [0.4, 0.5) is 5.13 Å². The van der Waals surface area contributed by atoms with E-state index in [1.54, 1.807) is 12.1 Å². The molecule has 0 unspecified atom stereocenters. The number of fused-ring (bicyclic) bond motifs is 1. The molecule has 1 aromatic carbocycles. The summed E-state index contributed by atoms with van der Waals surface area (Å²) < 4.78 is 11.0. The molecule has 0 amide bonds. The second-order valence-electron chi connectivity index (χ2n) is 4.32. The van der Waals surface area contributed by atoms with Gasteiger partial charge in [-0.25, -0.2) is 4.98 Å². The van der Waals surface area contributed by atoms with E-state index >= 15 is 0 Å². The van der Waals surface area contributed by atoms with Gasteiger partial charge in [-0.1, -0.05) is 0 Å². The molecule has 2 aromatic rings. The van der Waals surface area contributed by atoms with Crippen LogP contribution in [0.3, 0.4) is 0 Å². The minimum absolute atomic E-state index is 0.00363. The van der Waals surface area contributed by atoms with Crippen molar-refractivity contribution >= 4 is 16.5 Å². The van der Waals surface area contributed by atoms with E-state index in [0.717, 1.165) is 17.0 Å². The van der Waals surface area contributed by atoms with Crippen molar-refractivity contribution in [2.45, 2.75) is 0 Å². The number of hydrogen-bond donors (Lipinski definition) is 1. The average molecular weight is 310 g/mol. The summed E-state index contributed by atoms with van der Waals surface area (Å²) in [5.41, 5.74) is 1.70. The topological polar surface area (TPSA) is 91.0 Å². The summed E-state index contributed by atoms with van der Waals surface area (Å²) in [5, 5.41) is 22.7. The number of benzene rings is 1. The normalized spacial score (nSPS) is 11.9. The molecule has 1 aliphatic rings. The summed E-state index contributed by atoms with van der Waals surface area (Å²) >= 11 is 1.39. The van der Waals surface area contributed by atoms with Crippen LogP contribution in [0.2, 0.25) is 0 Å². The fraction of sp³-hybridized carbons (Fsp3) is 0.133. The van der Waals surface area contributed by atoms with Gasteiger partial charge in [0.05, 0.1) is 5.69 Å². The first kappa shape index (κ1) is 13.9. The van der Waals surface area contributed by atoms with Gasteiger partial charge in [-0.15, -0.1) is 11.3 Å². The highest BCUT2D eigenvalue weighted by atomic mass is 32.1. The van der Waals surface area contributed by atoms with Crippen LogP contribution in [0, 0.1) is 22.7 Å². The largest absolute Gasteiger partial charge is 0.486 e. The summed E-state index contributed by atoms with van der Waals surface area (Å²) in [6.07, 6.45) is 1.34. The molecule has 1 N–H and O–H groups in total. The van der Waals surface area contributed by atoms with Crippen LogP contribution in [0.5, 0.6) is 11.5 Å².